The molecular weight excluding hydrogens is 230 g/mol. The van der Waals surface area contributed by atoms with Crippen LogP contribution in [-0.2, 0) is 9.59 Å². The SMILES string of the molecule is CCC1CCC(C(=O)NC(C)CCC(=O)O)CC1. The zero-order valence-corrected chi connectivity index (χ0v) is 11.4. The number of hydrogen-bond donors (Lipinski definition) is 2. The standard InChI is InChI=1S/C14H25NO3/c1-3-11-5-7-12(8-6-11)14(18)15-10(2)4-9-13(16)17/h10-12H,3-9H2,1-2H3,(H,15,18)(H,16,17). The van der Waals surface area contributed by atoms with Gasteiger partial charge in [0, 0.05) is 18.4 Å². The Morgan fingerprint density at radius 1 is 1.28 bits per heavy atom. The van der Waals surface area contributed by atoms with E-state index in [1.54, 1.807) is 0 Å². The topological polar surface area (TPSA) is 66.4 Å². The van der Waals surface area contributed by atoms with Crippen LogP contribution in [0.15, 0.2) is 0 Å². The molecule has 1 atom stereocenters. The number of rotatable bonds is 6. The number of amides is 1. The van der Waals surface area contributed by atoms with Crippen LogP contribution in [0, 0.1) is 11.8 Å². The molecular formula is C14H25NO3. The Morgan fingerprint density at radius 3 is 2.39 bits per heavy atom. The van der Waals surface area contributed by atoms with Crippen LogP contribution < -0.4 is 5.32 Å². The molecule has 1 rings (SSSR count). The third-order valence-corrected chi connectivity index (χ3v) is 3.97. The van der Waals surface area contributed by atoms with E-state index in [9.17, 15) is 9.59 Å². The van der Waals surface area contributed by atoms with Gasteiger partial charge in [-0.05, 0) is 44.9 Å². The molecule has 0 bridgehead atoms. The van der Waals surface area contributed by atoms with Crippen LogP contribution in [0.4, 0.5) is 0 Å². The van der Waals surface area contributed by atoms with E-state index in [1.807, 2.05) is 6.92 Å². The molecule has 4 nitrogen and oxygen atoms in total. The van der Waals surface area contributed by atoms with E-state index < -0.39 is 5.97 Å². The van der Waals surface area contributed by atoms with E-state index in [0.29, 0.717) is 6.42 Å². The molecule has 0 saturated heterocycles. The van der Waals surface area contributed by atoms with Crippen molar-refractivity contribution in [3.05, 3.63) is 0 Å². The largest absolute Gasteiger partial charge is 0.481 e. The van der Waals surface area contributed by atoms with E-state index >= 15 is 0 Å². The first-order valence-electron chi connectivity index (χ1n) is 7.05. The molecule has 0 radical (unpaired) electrons. The van der Waals surface area contributed by atoms with Crippen LogP contribution in [0.3, 0.4) is 0 Å². The molecule has 0 spiro atoms. The van der Waals surface area contributed by atoms with Gasteiger partial charge in [-0.15, -0.1) is 0 Å². The van der Waals surface area contributed by atoms with E-state index in [-0.39, 0.29) is 24.3 Å². The molecule has 1 unspecified atom stereocenters. The molecule has 0 aromatic carbocycles. The fraction of sp³-hybridized carbons (Fsp3) is 0.857. The van der Waals surface area contributed by atoms with Crippen LogP contribution in [0.1, 0.15) is 58.8 Å². The summed E-state index contributed by atoms with van der Waals surface area (Å²) in [5.41, 5.74) is 0. The van der Waals surface area contributed by atoms with Gasteiger partial charge in [0.1, 0.15) is 0 Å². The minimum Gasteiger partial charge on any atom is -0.481 e. The van der Waals surface area contributed by atoms with Gasteiger partial charge in [0.15, 0.2) is 0 Å². The van der Waals surface area contributed by atoms with Crippen LogP contribution in [0.2, 0.25) is 0 Å². The number of carbonyl (C=O) groups is 2. The first-order chi connectivity index (χ1) is 8.52. The molecule has 1 saturated carbocycles. The van der Waals surface area contributed by atoms with Crippen molar-refractivity contribution in [1.29, 1.82) is 0 Å². The molecule has 0 aromatic rings. The maximum atomic E-state index is 12.0. The van der Waals surface area contributed by atoms with Crippen molar-refractivity contribution in [1.82, 2.24) is 5.32 Å². The zero-order valence-electron chi connectivity index (χ0n) is 11.4. The fourth-order valence-corrected chi connectivity index (χ4v) is 2.61. The van der Waals surface area contributed by atoms with E-state index in [0.717, 1.165) is 31.6 Å². The van der Waals surface area contributed by atoms with Crippen LogP contribution in [0.5, 0.6) is 0 Å². The molecule has 1 aliphatic rings. The summed E-state index contributed by atoms with van der Waals surface area (Å²) in [7, 11) is 0. The van der Waals surface area contributed by atoms with Crippen molar-refractivity contribution in [2.75, 3.05) is 0 Å². The number of carboxylic acids is 1. The van der Waals surface area contributed by atoms with Crippen molar-refractivity contribution in [3.63, 3.8) is 0 Å². The monoisotopic (exact) mass is 255 g/mol. The predicted octanol–water partition coefficient (Wildman–Crippen LogP) is 2.57. The van der Waals surface area contributed by atoms with Gasteiger partial charge in [0.2, 0.25) is 5.91 Å². The molecule has 0 heterocycles. The molecule has 18 heavy (non-hydrogen) atoms. The first kappa shape index (κ1) is 15.0. The van der Waals surface area contributed by atoms with Crippen molar-refractivity contribution < 1.29 is 14.7 Å². The second-order valence-electron chi connectivity index (χ2n) is 5.47. The third kappa shape index (κ3) is 5.07. The number of nitrogens with one attached hydrogen (secondary N) is 1. The Kier molecular flexibility index (Phi) is 6.16. The van der Waals surface area contributed by atoms with Crippen molar-refractivity contribution >= 4 is 11.9 Å². The summed E-state index contributed by atoms with van der Waals surface area (Å²) in [6.07, 6.45) is 6.10. The highest BCUT2D eigenvalue weighted by molar-refractivity contribution is 5.79. The van der Waals surface area contributed by atoms with Crippen molar-refractivity contribution in [3.8, 4) is 0 Å². The Bertz CT molecular complexity index is 283. The van der Waals surface area contributed by atoms with E-state index in [1.165, 1.54) is 6.42 Å². The minimum atomic E-state index is -0.806. The number of carbonyl (C=O) groups excluding carboxylic acids is 1. The molecule has 1 amide bonds. The first-order valence-corrected chi connectivity index (χ1v) is 7.05. The summed E-state index contributed by atoms with van der Waals surface area (Å²) in [5.74, 6) is 0.237. The average molecular weight is 255 g/mol. The molecule has 2 N–H and O–H groups in total. The molecule has 1 aliphatic carbocycles. The lowest BCUT2D eigenvalue weighted by molar-refractivity contribution is -0.137. The van der Waals surface area contributed by atoms with Crippen LogP contribution >= 0.6 is 0 Å². The zero-order chi connectivity index (χ0) is 13.5. The predicted molar refractivity (Wildman–Crippen MR) is 70.2 cm³/mol. The number of aliphatic carboxylic acids is 1. The number of carboxylic acid groups (broad SMARTS) is 1. The van der Waals surface area contributed by atoms with Crippen molar-refractivity contribution in [2.24, 2.45) is 11.8 Å². The molecule has 104 valence electrons. The molecule has 1 fully saturated rings. The minimum absolute atomic E-state index is 0.0440. The average Bonchev–Trinajstić information content (AvgIpc) is 2.36. The van der Waals surface area contributed by atoms with Gasteiger partial charge in [0.25, 0.3) is 0 Å². The summed E-state index contributed by atoms with van der Waals surface area (Å²) < 4.78 is 0. The lowest BCUT2D eigenvalue weighted by Crippen LogP contribution is -2.38. The summed E-state index contributed by atoms with van der Waals surface area (Å²) in [6.45, 7) is 4.08. The van der Waals surface area contributed by atoms with Gasteiger partial charge in [0.05, 0.1) is 0 Å². The summed E-state index contributed by atoms with van der Waals surface area (Å²) in [4.78, 5) is 22.4. The summed E-state index contributed by atoms with van der Waals surface area (Å²) in [6, 6.07) is -0.0440. The Labute approximate surface area is 109 Å². The normalized spacial score (nSPS) is 25.4. The van der Waals surface area contributed by atoms with Gasteiger partial charge in [-0.3, -0.25) is 9.59 Å². The second-order valence-corrected chi connectivity index (χ2v) is 5.47. The smallest absolute Gasteiger partial charge is 0.303 e. The summed E-state index contributed by atoms with van der Waals surface area (Å²) in [5, 5.41) is 11.5. The Hall–Kier alpha value is -1.06. The summed E-state index contributed by atoms with van der Waals surface area (Å²) >= 11 is 0. The van der Waals surface area contributed by atoms with Crippen molar-refractivity contribution in [2.45, 2.75) is 64.8 Å². The lowest BCUT2D eigenvalue weighted by Gasteiger charge is -2.28. The van der Waals surface area contributed by atoms with Crippen LogP contribution in [-0.4, -0.2) is 23.0 Å². The van der Waals surface area contributed by atoms with Gasteiger partial charge >= 0.3 is 5.97 Å². The fourth-order valence-electron chi connectivity index (χ4n) is 2.61. The molecule has 0 aromatic heterocycles. The molecule has 0 aliphatic heterocycles. The van der Waals surface area contributed by atoms with Gasteiger partial charge < -0.3 is 10.4 Å². The highest BCUT2D eigenvalue weighted by atomic mass is 16.4. The maximum absolute atomic E-state index is 12.0. The highest BCUT2D eigenvalue weighted by Crippen LogP contribution is 2.30. The number of hydrogen-bond acceptors (Lipinski definition) is 2. The third-order valence-electron chi connectivity index (χ3n) is 3.97. The van der Waals surface area contributed by atoms with E-state index in [2.05, 4.69) is 12.2 Å². The van der Waals surface area contributed by atoms with E-state index in [4.69, 9.17) is 5.11 Å². The Morgan fingerprint density at radius 2 is 1.89 bits per heavy atom. The lowest BCUT2D eigenvalue weighted by atomic mass is 9.80. The highest BCUT2D eigenvalue weighted by Gasteiger charge is 2.26. The van der Waals surface area contributed by atoms with Gasteiger partial charge in [-0.1, -0.05) is 13.3 Å². The molecule has 4 heteroatoms. The quantitative estimate of drug-likeness (QED) is 0.766. The van der Waals surface area contributed by atoms with Crippen LogP contribution in [0.25, 0.3) is 0 Å². The van der Waals surface area contributed by atoms with Gasteiger partial charge in [-0.25, -0.2) is 0 Å². The Balaban J connectivity index is 2.26. The second kappa shape index (κ2) is 7.39. The maximum Gasteiger partial charge on any atom is 0.303 e. The van der Waals surface area contributed by atoms with Gasteiger partial charge in [-0.2, -0.15) is 0 Å².